The summed E-state index contributed by atoms with van der Waals surface area (Å²) < 4.78 is 0. The number of allylic oxidation sites excluding steroid dienone is 2. The Morgan fingerprint density at radius 1 is 0.750 bits per heavy atom. The molecule has 1 N–H and O–H groups in total. The SMILES string of the molecule is O=C(NN=C(C=Cc1ccccc1)C=Cc1ccccc1)c1ccccc1Cl. The quantitative estimate of drug-likeness (QED) is 0.419. The van der Waals surface area contributed by atoms with Crippen LogP contribution in [0, 0.1) is 0 Å². The molecule has 138 valence electrons. The molecule has 0 aliphatic rings. The molecule has 0 fully saturated rings. The number of carbonyl (C=O) groups excluding carboxylic acids is 1. The van der Waals surface area contributed by atoms with Gasteiger partial charge in [-0.2, -0.15) is 5.10 Å². The van der Waals surface area contributed by atoms with Crippen LogP contribution in [0.15, 0.2) is 102 Å². The summed E-state index contributed by atoms with van der Waals surface area (Å²) in [7, 11) is 0. The molecular weight excluding hydrogens is 368 g/mol. The first kappa shape index (κ1) is 19.3. The van der Waals surface area contributed by atoms with Gasteiger partial charge in [-0.3, -0.25) is 4.79 Å². The zero-order chi connectivity index (χ0) is 19.6. The molecule has 0 heterocycles. The molecule has 3 nitrogen and oxygen atoms in total. The van der Waals surface area contributed by atoms with Gasteiger partial charge in [0.2, 0.25) is 0 Å². The van der Waals surface area contributed by atoms with Gasteiger partial charge in [0.05, 0.1) is 16.3 Å². The number of nitrogens with one attached hydrogen (secondary N) is 1. The predicted octanol–water partition coefficient (Wildman–Crippen LogP) is 5.85. The van der Waals surface area contributed by atoms with E-state index in [1.165, 1.54) is 0 Å². The largest absolute Gasteiger partial charge is 0.272 e. The van der Waals surface area contributed by atoms with E-state index in [4.69, 9.17) is 11.6 Å². The Morgan fingerprint density at radius 3 is 1.79 bits per heavy atom. The van der Waals surface area contributed by atoms with Gasteiger partial charge in [-0.1, -0.05) is 96.5 Å². The van der Waals surface area contributed by atoms with Gasteiger partial charge in [0.25, 0.3) is 5.91 Å². The van der Waals surface area contributed by atoms with Crippen molar-refractivity contribution in [2.75, 3.05) is 0 Å². The van der Waals surface area contributed by atoms with Gasteiger partial charge in [0, 0.05) is 0 Å². The third-order valence-electron chi connectivity index (χ3n) is 3.90. The van der Waals surface area contributed by atoms with Gasteiger partial charge in [0.1, 0.15) is 0 Å². The summed E-state index contributed by atoms with van der Waals surface area (Å²) in [6.07, 6.45) is 7.58. The second-order valence-electron chi connectivity index (χ2n) is 5.95. The Morgan fingerprint density at radius 2 is 1.25 bits per heavy atom. The Labute approximate surface area is 169 Å². The Balaban J connectivity index is 1.81. The van der Waals surface area contributed by atoms with E-state index in [0.717, 1.165) is 11.1 Å². The van der Waals surface area contributed by atoms with Gasteiger partial charge >= 0.3 is 0 Å². The maximum Gasteiger partial charge on any atom is 0.272 e. The van der Waals surface area contributed by atoms with E-state index in [1.54, 1.807) is 24.3 Å². The number of rotatable bonds is 6. The van der Waals surface area contributed by atoms with Crippen molar-refractivity contribution >= 4 is 35.4 Å². The highest BCUT2D eigenvalue weighted by Crippen LogP contribution is 2.14. The minimum atomic E-state index is -0.357. The first-order valence-electron chi connectivity index (χ1n) is 8.81. The van der Waals surface area contributed by atoms with Crippen molar-refractivity contribution in [2.24, 2.45) is 5.10 Å². The summed E-state index contributed by atoms with van der Waals surface area (Å²) in [5.41, 5.74) is 5.64. The van der Waals surface area contributed by atoms with Crippen LogP contribution >= 0.6 is 11.6 Å². The van der Waals surface area contributed by atoms with Crippen molar-refractivity contribution in [3.8, 4) is 0 Å². The predicted molar refractivity (Wildman–Crippen MR) is 117 cm³/mol. The molecule has 0 atom stereocenters. The van der Waals surface area contributed by atoms with Gasteiger partial charge in [-0.25, -0.2) is 5.43 Å². The molecule has 28 heavy (non-hydrogen) atoms. The molecule has 3 rings (SSSR count). The lowest BCUT2D eigenvalue weighted by Gasteiger charge is -2.03. The van der Waals surface area contributed by atoms with Crippen LogP contribution in [0.5, 0.6) is 0 Å². The zero-order valence-electron chi connectivity index (χ0n) is 15.1. The molecule has 0 radical (unpaired) electrons. The third-order valence-corrected chi connectivity index (χ3v) is 4.23. The molecule has 3 aromatic rings. The molecule has 1 amide bonds. The first-order valence-corrected chi connectivity index (χ1v) is 9.19. The Hall–Kier alpha value is -3.43. The lowest BCUT2D eigenvalue weighted by molar-refractivity contribution is 0.0955. The molecule has 0 saturated carbocycles. The average molecular weight is 387 g/mol. The van der Waals surface area contributed by atoms with E-state index in [1.807, 2.05) is 85.0 Å². The second kappa shape index (κ2) is 10.0. The minimum Gasteiger partial charge on any atom is -0.267 e. The number of hydrogen-bond acceptors (Lipinski definition) is 2. The van der Waals surface area contributed by atoms with Crippen LogP contribution in [0.2, 0.25) is 5.02 Å². The standard InChI is InChI=1S/C24H19ClN2O/c25-23-14-8-7-13-22(23)24(28)27-26-21(17-15-19-9-3-1-4-10-19)18-16-20-11-5-2-6-12-20/h1-18H,(H,27,28). The van der Waals surface area contributed by atoms with E-state index < -0.39 is 0 Å². The minimum absolute atomic E-state index is 0.357. The molecule has 0 bridgehead atoms. The smallest absolute Gasteiger partial charge is 0.267 e. The fraction of sp³-hybridized carbons (Fsp3) is 0. The summed E-state index contributed by atoms with van der Waals surface area (Å²) in [6, 6.07) is 26.7. The van der Waals surface area contributed by atoms with Crippen LogP contribution in [0.1, 0.15) is 21.5 Å². The lowest BCUT2D eigenvalue weighted by atomic mass is 10.1. The van der Waals surface area contributed by atoms with Crippen LogP contribution in [0.3, 0.4) is 0 Å². The van der Waals surface area contributed by atoms with E-state index >= 15 is 0 Å². The monoisotopic (exact) mass is 386 g/mol. The van der Waals surface area contributed by atoms with Crippen LogP contribution in [-0.4, -0.2) is 11.6 Å². The van der Waals surface area contributed by atoms with Crippen molar-refractivity contribution < 1.29 is 4.79 Å². The number of nitrogens with zero attached hydrogens (tertiary/aromatic N) is 1. The maximum atomic E-state index is 12.4. The van der Waals surface area contributed by atoms with Crippen LogP contribution in [0.4, 0.5) is 0 Å². The van der Waals surface area contributed by atoms with Gasteiger partial charge in [0.15, 0.2) is 0 Å². The molecule has 0 unspecified atom stereocenters. The number of hydrazone groups is 1. The van der Waals surface area contributed by atoms with E-state index in [2.05, 4.69) is 10.5 Å². The fourth-order valence-corrected chi connectivity index (χ4v) is 2.66. The molecule has 0 saturated heterocycles. The molecule has 0 aliphatic carbocycles. The number of carbonyl (C=O) groups is 1. The highest BCUT2D eigenvalue weighted by molar-refractivity contribution is 6.33. The van der Waals surface area contributed by atoms with E-state index in [9.17, 15) is 4.79 Å². The molecule has 4 heteroatoms. The number of halogens is 1. The van der Waals surface area contributed by atoms with Crippen LogP contribution in [0.25, 0.3) is 12.2 Å². The van der Waals surface area contributed by atoms with Crippen molar-refractivity contribution in [1.82, 2.24) is 5.43 Å². The van der Waals surface area contributed by atoms with Gasteiger partial charge in [-0.05, 0) is 35.4 Å². The van der Waals surface area contributed by atoms with Crippen LogP contribution < -0.4 is 5.43 Å². The molecule has 0 aromatic heterocycles. The summed E-state index contributed by atoms with van der Waals surface area (Å²) in [4.78, 5) is 12.4. The number of benzene rings is 3. The lowest BCUT2D eigenvalue weighted by Crippen LogP contribution is -2.19. The second-order valence-corrected chi connectivity index (χ2v) is 6.35. The highest BCUT2D eigenvalue weighted by Gasteiger charge is 2.08. The summed E-state index contributed by atoms with van der Waals surface area (Å²) >= 11 is 6.08. The summed E-state index contributed by atoms with van der Waals surface area (Å²) in [5, 5.41) is 4.64. The van der Waals surface area contributed by atoms with E-state index in [-0.39, 0.29) is 5.91 Å². The maximum absolute atomic E-state index is 12.4. The summed E-state index contributed by atoms with van der Waals surface area (Å²) in [6.45, 7) is 0. The zero-order valence-corrected chi connectivity index (χ0v) is 15.9. The Bertz CT molecular complexity index is 958. The highest BCUT2D eigenvalue weighted by atomic mass is 35.5. The first-order chi connectivity index (χ1) is 13.7. The number of amides is 1. The Kier molecular flexibility index (Phi) is 6.94. The van der Waals surface area contributed by atoms with E-state index in [0.29, 0.717) is 16.3 Å². The molecule has 3 aromatic carbocycles. The van der Waals surface area contributed by atoms with Gasteiger partial charge < -0.3 is 0 Å². The van der Waals surface area contributed by atoms with Crippen molar-refractivity contribution in [2.45, 2.75) is 0 Å². The average Bonchev–Trinajstić information content (AvgIpc) is 2.75. The normalized spacial score (nSPS) is 10.9. The fourth-order valence-electron chi connectivity index (χ4n) is 2.44. The topological polar surface area (TPSA) is 41.5 Å². The van der Waals surface area contributed by atoms with Crippen molar-refractivity contribution in [1.29, 1.82) is 0 Å². The van der Waals surface area contributed by atoms with Gasteiger partial charge in [-0.15, -0.1) is 0 Å². The van der Waals surface area contributed by atoms with Crippen LogP contribution in [-0.2, 0) is 0 Å². The number of hydrogen-bond donors (Lipinski definition) is 1. The van der Waals surface area contributed by atoms with Crippen molar-refractivity contribution in [3.63, 3.8) is 0 Å². The molecular formula is C24H19ClN2O. The summed E-state index contributed by atoms with van der Waals surface area (Å²) in [5.74, 6) is -0.357. The molecule has 0 aliphatic heterocycles. The molecule has 0 spiro atoms. The third kappa shape index (κ3) is 5.79. The van der Waals surface area contributed by atoms with Crippen molar-refractivity contribution in [3.05, 3.63) is 119 Å².